The van der Waals surface area contributed by atoms with Gasteiger partial charge >= 0.3 is 0 Å². The van der Waals surface area contributed by atoms with E-state index in [1.807, 2.05) is 32.0 Å². The van der Waals surface area contributed by atoms with Crippen molar-refractivity contribution in [2.24, 2.45) is 0 Å². The number of amides is 1. The quantitative estimate of drug-likeness (QED) is 0.399. The molecule has 1 fully saturated rings. The molecule has 0 bridgehead atoms. The molecule has 2 aromatic rings. The lowest BCUT2D eigenvalue weighted by atomic mass is 9.95. The summed E-state index contributed by atoms with van der Waals surface area (Å²) in [6.07, 6.45) is 0. The number of methoxy groups -OCH3 is 1. The van der Waals surface area contributed by atoms with Crippen LogP contribution in [0.25, 0.3) is 5.76 Å². The van der Waals surface area contributed by atoms with E-state index in [-0.39, 0.29) is 11.3 Å². The van der Waals surface area contributed by atoms with Crippen LogP contribution in [0.3, 0.4) is 0 Å². The van der Waals surface area contributed by atoms with Crippen LogP contribution in [0, 0.1) is 0 Å². The number of ketones is 1. The first-order valence-corrected chi connectivity index (χ1v) is 10.2. The average Bonchev–Trinajstić information content (AvgIpc) is 3.03. The molecule has 0 aliphatic carbocycles. The number of likely N-dealkylation sites (N-methyl/N-ethyl adjacent to an activating group) is 1. The summed E-state index contributed by atoms with van der Waals surface area (Å²) in [4.78, 5) is 29.4. The number of hydrogen-bond acceptors (Lipinski definition) is 6. The molecule has 1 N–H and O–H groups in total. The molecule has 7 heteroatoms. The Hall–Kier alpha value is -3.32. The molecule has 0 unspecified atom stereocenters. The first-order valence-electron chi connectivity index (χ1n) is 10.2. The molecular formula is C24H28N2O5. The Morgan fingerprint density at radius 3 is 2.42 bits per heavy atom. The van der Waals surface area contributed by atoms with Gasteiger partial charge in [-0.3, -0.25) is 9.59 Å². The SMILES string of the molecule is CCOc1ccc([C@@H]2/C(=C(\O)c3ccccc3)C(=O)C(=O)N2CCN(C)C)cc1OC. The number of rotatable bonds is 8. The Morgan fingerprint density at radius 1 is 1.10 bits per heavy atom. The predicted octanol–water partition coefficient (Wildman–Crippen LogP) is 3.08. The summed E-state index contributed by atoms with van der Waals surface area (Å²) >= 11 is 0. The average molecular weight is 424 g/mol. The summed E-state index contributed by atoms with van der Waals surface area (Å²) in [5.41, 5.74) is 1.22. The number of Topliss-reactive ketones (excluding diaryl/α,β-unsaturated/α-hetero) is 1. The number of carbonyl (C=O) groups is 2. The minimum absolute atomic E-state index is 0.0705. The highest BCUT2D eigenvalue weighted by Gasteiger charge is 2.46. The van der Waals surface area contributed by atoms with Crippen molar-refractivity contribution in [2.75, 3.05) is 40.9 Å². The zero-order valence-corrected chi connectivity index (χ0v) is 18.3. The van der Waals surface area contributed by atoms with Crippen LogP contribution in [0.5, 0.6) is 11.5 Å². The van der Waals surface area contributed by atoms with Crippen LogP contribution < -0.4 is 9.47 Å². The highest BCUT2D eigenvalue weighted by molar-refractivity contribution is 6.46. The topological polar surface area (TPSA) is 79.3 Å². The molecule has 0 aromatic heterocycles. The Balaban J connectivity index is 2.16. The van der Waals surface area contributed by atoms with Gasteiger partial charge < -0.3 is 24.4 Å². The van der Waals surface area contributed by atoms with Crippen LogP contribution in [0.1, 0.15) is 24.1 Å². The second kappa shape index (κ2) is 9.66. The molecule has 164 valence electrons. The minimum Gasteiger partial charge on any atom is -0.507 e. The number of benzene rings is 2. The number of nitrogens with zero attached hydrogens (tertiary/aromatic N) is 2. The Morgan fingerprint density at radius 2 is 1.81 bits per heavy atom. The van der Waals surface area contributed by atoms with Gasteiger partial charge in [-0.25, -0.2) is 0 Å². The largest absolute Gasteiger partial charge is 0.507 e. The molecule has 1 heterocycles. The maximum atomic E-state index is 13.0. The van der Waals surface area contributed by atoms with E-state index in [0.29, 0.717) is 42.3 Å². The van der Waals surface area contributed by atoms with Gasteiger partial charge in [0.2, 0.25) is 0 Å². The van der Waals surface area contributed by atoms with Gasteiger partial charge in [0, 0.05) is 18.7 Å². The maximum Gasteiger partial charge on any atom is 0.295 e. The van der Waals surface area contributed by atoms with Gasteiger partial charge in [0.1, 0.15) is 5.76 Å². The Kier molecular flexibility index (Phi) is 6.97. The molecule has 1 amide bonds. The third kappa shape index (κ3) is 4.56. The lowest BCUT2D eigenvalue weighted by Gasteiger charge is -2.27. The van der Waals surface area contributed by atoms with Gasteiger partial charge in [0.15, 0.2) is 11.5 Å². The molecule has 31 heavy (non-hydrogen) atoms. The van der Waals surface area contributed by atoms with Crippen LogP contribution in [-0.2, 0) is 9.59 Å². The zero-order chi connectivity index (χ0) is 22.5. The molecule has 1 atom stereocenters. The standard InChI is InChI=1S/C24H28N2O5/c1-5-31-18-12-11-17(15-19(18)30-4)21-20(22(27)16-9-7-6-8-10-16)23(28)24(29)26(21)14-13-25(2)3/h6-12,15,21,27H,5,13-14H2,1-4H3/b22-20+/t21-/m1/s1. The van der Waals surface area contributed by atoms with E-state index in [1.54, 1.807) is 42.5 Å². The minimum atomic E-state index is -0.732. The molecular weight excluding hydrogens is 396 g/mol. The zero-order valence-electron chi connectivity index (χ0n) is 18.3. The highest BCUT2D eigenvalue weighted by Crippen LogP contribution is 2.41. The number of carbonyl (C=O) groups excluding carboxylic acids is 2. The molecule has 1 aliphatic rings. The summed E-state index contributed by atoms with van der Waals surface area (Å²) in [6.45, 7) is 3.26. The number of aliphatic hydroxyl groups excluding tert-OH is 1. The molecule has 0 saturated carbocycles. The normalized spacial score (nSPS) is 18.0. The number of likely N-dealkylation sites (tertiary alicyclic amines) is 1. The molecule has 0 spiro atoms. The van der Waals surface area contributed by atoms with Crippen molar-refractivity contribution in [3.63, 3.8) is 0 Å². The smallest absolute Gasteiger partial charge is 0.295 e. The molecule has 1 aliphatic heterocycles. The van der Waals surface area contributed by atoms with E-state index < -0.39 is 17.7 Å². The summed E-state index contributed by atoms with van der Waals surface area (Å²) in [5.74, 6) is -0.446. The molecule has 1 saturated heterocycles. The monoisotopic (exact) mass is 424 g/mol. The summed E-state index contributed by atoms with van der Waals surface area (Å²) in [6, 6.07) is 13.3. The molecule has 2 aromatic carbocycles. The van der Waals surface area contributed by atoms with Crippen LogP contribution >= 0.6 is 0 Å². The summed E-state index contributed by atoms with van der Waals surface area (Å²) in [5, 5.41) is 11.0. The van der Waals surface area contributed by atoms with Gasteiger partial charge in [-0.2, -0.15) is 0 Å². The predicted molar refractivity (Wildman–Crippen MR) is 118 cm³/mol. The lowest BCUT2D eigenvalue weighted by molar-refractivity contribution is -0.140. The van der Waals surface area contributed by atoms with E-state index in [0.717, 1.165) is 0 Å². The number of ether oxygens (including phenoxy) is 2. The van der Waals surface area contributed by atoms with Crippen molar-refractivity contribution in [2.45, 2.75) is 13.0 Å². The Bertz CT molecular complexity index is 985. The molecule has 7 nitrogen and oxygen atoms in total. The highest BCUT2D eigenvalue weighted by atomic mass is 16.5. The van der Waals surface area contributed by atoms with E-state index >= 15 is 0 Å². The van der Waals surface area contributed by atoms with Crippen LogP contribution in [0.4, 0.5) is 0 Å². The summed E-state index contributed by atoms with van der Waals surface area (Å²) < 4.78 is 11.1. The van der Waals surface area contributed by atoms with E-state index in [9.17, 15) is 14.7 Å². The third-order valence-corrected chi connectivity index (χ3v) is 5.18. The van der Waals surface area contributed by atoms with Crippen LogP contribution in [-0.4, -0.2) is 67.5 Å². The third-order valence-electron chi connectivity index (χ3n) is 5.18. The van der Waals surface area contributed by atoms with Crippen molar-refractivity contribution in [1.82, 2.24) is 9.80 Å². The number of hydrogen-bond donors (Lipinski definition) is 1. The van der Waals surface area contributed by atoms with Crippen molar-refractivity contribution >= 4 is 17.4 Å². The maximum absolute atomic E-state index is 13.0. The van der Waals surface area contributed by atoms with Crippen molar-refractivity contribution < 1.29 is 24.2 Å². The van der Waals surface area contributed by atoms with Crippen molar-refractivity contribution in [3.8, 4) is 11.5 Å². The fraction of sp³-hybridized carbons (Fsp3) is 0.333. The van der Waals surface area contributed by atoms with Gasteiger partial charge in [-0.15, -0.1) is 0 Å². The van der Waals surface area contributed by atoms with E-state index in [2.05, 4.69) is 0 Å². The van der Waals surface area contributed by atoms with Crippen molar-refractivity contribution in [3.05, 3.63) is 65.2 Å². The molecule has 3 rings (SSSR count). The summed E-state index contributed by atoms with van der Waals surface area (Å²) in [7, 11) is 5.33. The fourth-order valence-electron chi connectivity index (χ4n) is 3.65. The lowest BCUT2D eigenvalue weighted by Crippen LogP contribution is -2.35. The van der Waals surface area contributed by atoms with Crippen LogP contribution in [0.15, 0.2) is 54.1 Å². The molecule has 0 radical (unpaired) electrons. The first-order chi connectivity index (χ1) is 14.9. The van der Waals surface area contributed by atoms with Crippen molar-refractivity contribution in [1.29, 1.82) is 0 Å². The van der Waals surface area contributed by atoms with Gasteiger partial charge in [0.05, 0.1) is 25.3 Å². The second-order valence-electron chi connectivity index (χ2n) is 7.51. The first kappa shape index (κ1) is 22.4. The van der Waals surface area contributed by atoms with Gasteiger partial charge in [-0.1, -0.05) is 36.4 Å². The van der Waals surface area contributed by atoms with E-state index in [1.165, 1.54) is 12.0 Å². The Labute approximate surface area is 182 Å². The second-order valence-corrected chi connectivity index (χ2v) is 7.51. The van der Waals surface area contributed by atoms with Gasteiger partial charge in [0.25, 0.3) is 11.7 Å². The fourth-order valence-corrected chi connectivity index (χ4v) is 3.65. The van der Waals surface area contributed by atoms with E-state index in [4.69, 9.17) is 9.47 Å². The van der Waals surface area contributed by atoms with Crippen LogP contribution in [0.2, 0.25) is 0 Å². The number of aliphatic hydroxyl groups is 1. The van der Waals surface area contributed by atoms with Gasteiger partial charge in [-0.05, 0) is 38.7 Å².